The van der Waals surface area contributed by atoms with E-state index in [0.717, 1.165) is 0 Å². The molecule has 19 heavy (non-hydrogen) atoms. The van der Waals surface area contributed by atoms with Crippen LogP contribution in [0.15, 0.2) is 30.3 Å². The van der Waals surface area contributed by atoms with E-state index >= 15 is 0 Å². The molecule has 0 fully saturated rings. The van der Waals surface area contributed by atoms with Gasteiger partial charge in [0.05, 0.1) is 19.8 Å². The van der Waals surface area contributed by atoms with Crippen LogP contribution < -0.4 is 4.97 Å². The molecule has 0 saturated carbocycles. The fourth-order valence-electron chi connectivity index (χ4n) is 1.43. The summed E-state index contributed by atoms with van der Waals surface area (Å²) in [6, 6.07) is 8.80. The Labute approximate surface area is 111 Å². The predicted molar refractivity (Wildman–Crippen MR) is 67.3 cm³/mol. The van der Waals surface area contributed by atoms with Crippen LogP contribution in [-0.4, -0.2) is 55.0 Å². The highest BCUT2D eigenvalue weighted by Crippen LogP contribution is 2.25. The van der Waals surface area contributed by atoms with Crippen LogP contribution in [0.3, 0.4) is 0 Å². The molecule has 108 valence electrons. The number of nitrogens with zero attached hydrogens (tertiary/aromatic N) is 1. The van der Waals surface area contributed by atoms with E-state index in [2.05, 4.69) is 0 Å². The number of hydrogen-bond donors (Lipinski definition) is 3. The number of hydrogen-bond acceptors (Lipinski definition) is 6. The summed E-state index contributed by atoms with van der Waals surface area (Å²) in [4.78, 5) is 15.4. The molecule has 1 rings (SSSR count). The van der Waals surface area contributed by atoms with Gasteiger partial charge in [-0.05, 0) is 0 Å². The highest BCUT2D eigenvalue weighted by Gasteiger charge is 2.38. The first-order chi connectivity index (χ1) is 9.29. The topological polar surface area (TPSA) is 88.4 Å². The lowest BCUT2D eigenvalue weighted by molar-refractivity contribution is -0.509. The van der Waals surface area contributed by atoms with Crippen LogP contribution in [0.1, 0.15) is 0 Å². The van der Waals surface area contributed by atoms with Crippen molar-refractivity contribution in [3.05, 3.63) is 30.3 Å². The van der Waals surface area contributed by atoms with Crippen LogP contribution in [0.25, 0.3) is 0 Å². The SMILES string of the molecule is OCCO[N+](OCCO)(OCCO)c1ccccc1. The van der Waals surface area contributed by atoms with Crippen LogP contribution in [0.5, 0.6) is 0 Å². The highest BCUT2D eigenvalue weighted by molar-refractivity contribution is 5.36. The molecule has 0 aliphatic heterocycles. The Morgan fingerprint density at radius 1 is 0.737 bits per heavy atom. The summed E-state index contributed by atoms with van der Waals surface area (Å²) in [5, 5.41) is 26.6. The van der Waals surface area contributed by atoms with E-state index in [4.69, 9.17) is 29.8 Å². The number of quaternary nitrogens is 1. The molecule has 0 atom stereocenters. The van der Waals surface area contributed by atoms with Crippen LogP contribution in [0.2, 0.25) is 0 Å². The molecule has 0 amide bonds. The molecule has 7 heteroatoms. The van der Waals surface area contributed by atoms with Crippen LogP contribution in [0.4, 0.5) is 5.69 Å². The number of aliphatic hydroxyl groups is 3. The van der Waals surface area contributed by atoms with Crippen molar-refractivity contribution in [3.8, 4) is 0 Å². The van der Waals surface area contributed by atoms with Crippen LogP contribution in [0, 0.1) is 0 Å². The van der Waals surface area contributed by atoms with E-state index in [1.54, 1.807) is 24.3 Å². The van der Waals surface area contributed by atoms with Crippen molar-refractivity contribution in [1.82, 2.24) is 4.97 Å². The lowest BCUT2D eigenvalue weighted by Gasteiger charge is -2.28. The Morgan fingerprint density at radius 2 is 1.16 bits per heavy atom. The molecule has 1 aromatic rings. The van der Waals surface area contributed by atoms with Gasteiger partial charge in [0.1, 0.15) is 24.8 Å². The molecule has 0 bridgehead atoms. The van der Waals surface area contributed by atoms with Crippen molar-refractivity contribution in [3.63, 3.8) is 0 Å². The summed E-state index contributed by atoms with van der Waals surface area (Å²) < 4.78 is 0. The van der Waals surface area contributed by atoms with Gasteiger partial charge in [0.25, 0.3) is 0 Å². The molecule has 1 aromatic carbocycles. The van der Waals surface area contributed by atoms with Crippen molar-refractivity contribution in [2.75, 3.05) is 39.6 Å². The van der Waals surface area contributed by atoms with Gasteiger partial charge in [-0.1, -0.05) is 18.2 Å². The summed E-state index contributed by atoms with van der Waals surface area (Å²) in [6.07, 6.45) is 0. The zero-order chi connectivity index (χ0) is 14.0. The van der Waals surface area contributed by atoms with Gasteiger partial charge in [-0.15, -0.1) is 14.5 Å². The molecular formula is C12H20NO6+. The lowest BCUT2D eigenvalue weighted by atomic mass is 10.3. The van der Waals surface area contributed by atoms with Gasteiger partial charge in [0, 0.05) is 12.1 Å². The molecule has 0 radical (unpaired) electrons. The van der Waals surface area contributed by atoms with Crippen molar-refractivity contribution in [2.24, 2.45) is 0 Å². The van der Waals surface area contributed by atoms with E-state index in [1.165, 1.54) is 0 Å². The average Bonchev–Trinajstić information content (AvgIpc) is 2.48. The van der Waals surface area contributed by atoms with Gasteiger partial charge in [0.15, 0.2) is 0 Å². The summed E-state index contributed by atoms with van der Waals surface area (Å²) in [7, 11) is 0. The minimum atomic E-state index is -0.775. The minimum absolute atomic E-state index is 0.0221. The Balaban J connectivity index is 2.94. The number of aliphatic hydroxyl groups excluding tert-OH is 3. The maximum atomic E-state index is 8.88. The van der Waals surface area contributed by atoms with E-state index in [9.17, 15) is 0 Å². The first-order valence-corrected chi connectivity index (χ1v) is 6.00. The van der Waals surface area contributed by atoms with Crippen molar-refractivity contribution >= 4 is 5.69 Å². The summed E-state index contributed by atoms with van der Waals surface area (Å²) in [5.74, 6) is 0. The third-order valence-electron chi connectivity index (χ3n) is 2.13. The molecule has 7 nitrogen and oxygen atoms in total. The first kappa shape index (κ1) is 16.0. The second-order valence-electron chi connectivity index (χ2n) is 3.50. The Morgan fingerprint density at radius 3 is 1.53 bits per heavy atom. The zero-order valence-corrected chi connectivity index (χ0v) is 10.6. The summed E-state index contributed by atoms with van der Waals surface area (Å²) >= 11 is 0. The maximum absolute atomic E-state index is 8.88. The van der Waals surface area contributed by atoms with Crippen LogP contribution >= 0.6 is 0 Å². The van der Waals surface area contributed by atoms with Crippen molar-refractivity contribution in [2.45, 2.75) is 0 Å². The predicted octanol–water partition coefficient (Wildman–Crippen LogP) is -0.234. The molecule has 0 heterocycles. The maximum Gasteiger partial charge on any atom is 0.237 e. The lowest BCUT2D eigenvalue weighted by Crippen LogP contribution is -2.50. The standard InChI is InChI=1S/C12H20NO6/c14-6-9-17-13(18-10-7-15,19-11-8-16)12-4-2-1-3-5-12/h1-5,14-16H,6-11H2/q+1. The smallest absolute Gasteiger partial charge is 0.237 e. The third kappa shape index (κ3) is 4.84. The number of rotatable bonds is 10. The Hall–Kier alpha value is -1.06. The quantitative estimate of drug-likeness (QED) is 0.403. The van der Waals surface area contributed by atoms with E-state index < -0.39 is 4.97 Å². The highest BCUT2D eigenvalue weighted by atomic mass is 17.2. The molecule has 0 aliphatic rings. The molecule has 0 saturated heterocycles. The molecule has 0 aliphatic carbocycles. The second kappa shape index (κ2) is 8.94. The normalized spacial score (nSPS) is 11.7. The Bertz CT molecular complexity index is 312. The third-order valence-corrected chi connectivity index (χ3v) is 2.13. The van der Waals surface area contributed by atoms with E-state index in [0.29, 0.717) is 5.69 Å². The van der Waals surface area contributed by atoms with Crippen molar-refractivity contribution < 1.29 is 29.8 Å². The van der Waals surface area contributed by atoms with Gasteiger partial charge in [-0.25, -0.2) is 0 Å². The molecule has 0 spiro atoms. The van der Waals surface area contributed by atoms with Crippen molar-refractivity contribution in [1.29, 1.82) is 0 Å². The van der Waals surface area contributed by atoms with Gasteiger partial charge in [-0.3, -0.25) is 0 Å². The zero-order valence-electron chi connectivity index (χ0n) is 10.6. The van der Waals surface area contributed by atoms with Gasteiger partial charge in [0.2, 0.25) is 5.69 Å². The minimum Gasteiger partial charge on any atom is -0.394 e. The summed E-state index contributed by atoms with van der Waals surface area (Å²) in [5.41, 5.74) is 0.526. The van der Waals surface area contributed by atoms with Gasteiger partial charge in [-0.2, -0.15) is 0 Å². The second-order valence-corrected chi connectivity index (χ2v) is 3.50. The largest absolute Gasteiger partial charge is 0.394 e. The molecule has 3 N–H and O–H groups in total. The van der Waals surface area contributed by atoms with E-state index in [1.807, 2.05) is 6.07 Å². The monoisotopic (exact) mass is 274 g/mol. The summed E-state index contributed by atoms with van der Waals surface area (Å²) in [6.45, 7) is -0.698. The first-order valence-electron chi connectivity index (χ1n) is 6.00. The molecule has 0 aromatic heterocycles. The van der Waals surface area contributed by atoms with E-state index in [-0.39, 0.29) is 39.6 Å². The van der Waals surface area contributed by atoms with Gasteiger partial charge < -0.3 is 15.3 Å². The molecular weight excluding hydrogens is 254 g/mol. The van der Waals surface area contributed by atoms with Crippen LogP contribution in [-0.2, 0) is 14.5 Å². The fraction of sp³-hybridized carbons (Fsp3) is 0.500. The fourth-order valence-corrected chi connectivity index (χ4v) is 1.43. The molecule has 0 unspecified atom stereocenters. The number of benzene rings is 1. The average molecular weight is 274 g/mol. The Kier molecular flexibility index (Phi) is 7.53. The van der Waals surface area contributed by atoms with Gasteiger partial charge >= 0.3 is 0 Å².